The third-order valence-corrected chi connectivity index (χ3v) is 4.80. The topological polar surface area (TPSA) is 70.7 Å². The van der Waals surface area contributed by atoms with Crippen LogP contribution in [-0.4, -0.2) is 31.5 Å². The molecule has 2 N–H and O–H groups in total. The van der Waals surface area contributed by atoms with Gasteiger partial charge in [0.25, 0.3) is 0 Å². The fourth-order valence-electron chi connectivity index (χ4n) is 3.03. The van der Waals surface area contributed by atoms with Gasteiger partial charge in [-0.3, -0.25) is 9.59 Å². The largest absolute Gasteiger partial charge is 0.494 e. The highest BCUT2D eigenvalue weighted by atomic mass is 35.5. The van der Waals surface area contributed by atoms with Crippen LogP contribution < -0.4 is 20.3 Å². The number of amides is 2. The highest BCUT2D eigenvalue weighted by Gasteiger charge is 2.24. The van der Waals surface area contributed by atoms with E-state index in [-0.39, 0.29) is 16.8 Å². The lowest BCUT2D eigenvalue weighted by molar-refractivity contribution is -0.117. The summed E-state index contributed by atoms with van der Waals surface area (Å²) >= 11 is 5.74. The van der Waals surface area contributed by atoms with Crippen LogP contribution >= 0.6 is 11.6 Å². The monoisotopic (exact) mass is 405 g/mol. The normalized spacial score (nSPS) is 14.7. The zero-order valence-corrected chi connectivity index (χ0v) is 16.3. The maximum Gasteiger partial charge on any atom is 0.246 e. The van der Waals surface area contributed by atoms with E-state index in [9.17, 15) is 14.0 Å². The standard InChI is InChI=1S/C20H21ClFN3O3/c1-12(20(27)24-13-5-7-16(22)15(21)10-13)23-14-6-8-17(18(11-14)28-2)25-9-3-4-19(25)26/h5-8,10-12,23H,3-4,9H2,1-2H3,(H,24,27). The summed E-state index contributed by atoms with van der Waals surface area (Å²) in [4.78, 5) is 26.1. The van der Waals surface area contributed by atoms with Gasteiger partial charge in [0.1, 0.15) is 17.6 Å². The lowest BCUT2D eigenvalue weighted by atomic mass is 10.2. The van der Waals surface area contributed by atoms with Crippen molar-refractivity contribution in [1.82, 2.24) is 0 Å². The number of nitrogens with one attached hydrogen (secondary N) is 2. The summed E-state index contributed by atoms with van der Waals surface area (Å²) in [5, 5.41) is 5.71. The van der Waals surface area contributed by atoms with E-state index in [0.29, 0.717) is 35.8 Å². The van der Waals surface area contributed by atoms with Gasteiger partial charge in [-0.1, -0.05) is 11.6 Å². The van der Waals surface area contributed by atoms with Gasteiger partial charge in [-0.2, -0.15) is 0 Å². The Morgan fingerprint density at radius 1 is 1.25 bits per heavy atom. The highest BCUT2D eigenvalue weighted by Crippen LogP contribution is 2.34. The van der Waals surface area contributed by atoms with Crippen molar-refractivity contribution in [2.45, 2.75) is 25.8 Å². The second-order valence-electron chi connectivity index (χ2n) is 6.52. The Hall–Kier alpha value is -2.80. The zero-order chi connectivity index (χ0) is 20.3. The van der Waals surface area contributed by atoms with Crippen LogP contribution in [0.15, 0.2) is 36.4 Å². The van der Waals surface area contributed by atoms with Crippen molar-refractivity contribution in [3.63, 3.8) is 0 Å². The van der Waals surface area contributed by atoms with Crippen LogP contribution in [0, 0.1) is 5.82 Å². The number of rotatable bonds is 6. The third-order valence-electron chi connectivity index (χ3n) is 4.51. The summed E-state index contributed by atoms with van der Waals surface area (Å²) in [6.45, 7) is 2.37. The number of carbonyl (C=O) groups is 2. The van der Waals surface area contributed by atoms with E-state index in [1.165, 1.54) is 25.3 Å². The summed E-state index contributed by atoms with van der Waals surface area (Å²) in [6.07, 6.45) is 1.36. The minimum absolute atomic E-state index is 0.0600. The van der Waals surface area contributed by atoms with Crippen LogP contribution in [0.2, 0.25) is 5.02 Å². The Bertz CT molecular complexity index is 906. The molecule has 1 fully saturated rings. The number of methoxy groups -OCH3 is 1. The molecule has 8 heteroatoms. The van der Waals surface area contributed by atoms with E-state index < -0.39 is 11.9 Å². The molecule has 0 aromatic heterocycles. The van der Waals surface area contributed by atoms with Crippen molar-refractivity contribution in [2.24, 2.45) is 0 Å². The Balaban J connectivity index is 1.69. The van der Waals surface area contributed by atoms with E-state index in [4.69, 9.17) is 16.3 Å². The fraction of sp³-hybridized carbons (Fsp3) is 0.300. The zero-order valence-electron chi connectivity index (χ0n) is 15.6. The first kappa shape index (κ1) is 19.9. The number of anilines is 3. The van der Waals surface area contributed by atoms with Crippen LogP contribution in [0.5, 0.6) is 5.75 Å². The first-order valence-corrected chi connectivity index (χ1v) is 9.27. The maximum atomic E-state index is 13.2. The molecule has 0 saturated carbocycles. The molecule has 28 heavy (non-hydrogen) atoms. The van der Waals surface area contributed by atoms with Gasteiger partial charge in [-0.05, 0) is 43.7 Å². The summed E-state index contributed by atoms with van der Waals surface area (Å²) in [6, 6.07) is 8.76. The van der Waals surface area contributed by atoms with Crippen LogP contribution in [0.4, 0.5) is 21.5 Å². The smallest absolute Gasteiger partial charge is 0.246 e. The van der Waals surface area contributed by atoms with E-state index in [1.807, 2.05) is 0 Å². The molecule has 0 bridgehead atoms. The van der Waals surface area contributed by atoms with Gasteiger partial charge in [0.15, 0.2) is 0 Å². The molecule has 1 atom stereocenters. The van der Waals surface area contributed by atoms with Crippen molar-refractivity contribution in [3.8, 4) is 5.75 Å². The highest BCUT2D eigenvalue weighted by molar-refractivity contribution is 6.31. The van der Waals surface area contributed by atoms with Gasteiger partial charge in [-0.25, -0.2) is 4.39 Å². The molecule has 0 aliphatic carbocycles. The van der Waals surface area contributed by atoms with Crippen molar-refractivity contribution < 1.29 is 18.7 Å². The number of hydrogen-bond donors (Lipinski definition) is 2. The predicted molar refractivity (Wildman–Crippen MR) is 108 cm³/mol. The first-order chi connectivity index (χ1) is 13.4. The lowest BCUT2D eigenvalue weighted by Crippen LogP contribution is -2.32. The number of benzene rings is 2. The minimum Gasteiger partial charge on any atom is -0.494 e. The molecule has 2 aromatic rings. The summed E-state index contributed by atoms with van der Waals surface area (Å²) < 4.78 is 18.7. The van der Waals surface area contributed by atoms with Gasteiger partial charge < -0.3 is 20.3 Å². The first-order valence-electron chi connectivity index (χ1n) is 8.90. The Labute approximate surface area is 167 Å². The van der Waals surface area contributed by atoms with Crippen LogP contribution in [0.25, 0.3) is 0 Å². The van der Waals surface area contributed by atoms with Gasteiger partial charge >= 0.3 is 0 Å². The number of ether oxygens (including phenoxy) is 1. The molecular formula is C20H21ClFN3O3. The maximum absolute atomic E-state index is 13.2. The SMILES string of the molecule is COc1cc(NC(C)C(=O)Nc2ccc(F)c(Cl)c2)ccc1N1CCCC1=O. The third kappa shape index (κ3) is 4.36. The van der Waals surface area contributed by atoms with E-state index in [2.05, 4.69) is 10.6 Å². The van der Waals surface area contributed by atoms with Gasteiger partial charge in [-0.15, -0.1) is 0 Å². The lowest BCUT2D eigenvalue weighted by Gasteiger charge is -2.21. The van der Waals surface area contributed by atoms with Gasteiger partial charge in [0.05, 0.1) is 17.8 Å². The average molecular weight is 406 g/mol. The number of hydrogen-bond acceptors (Lipinski definition) is 4. The van der Waals surface area contributed by atoms with E-state index >= 15 is 0 Å². The number of carbonyl (C=O) groups excluding carboxylic acids is 2. The number of halogens is 2. The van der Waals surface area contributed by atoms with Crippen LogP contribution in [-0.2, 0) is 9.59 Å². The molecule has 6 nitrogen and oxygen atoms in total. The van der Waals surface area contributed by atoms with Crippen LogP contribution in [0.3, 0.4) is 0 Å². The van der Waals surface area contributed by atoms with E-state index in [1.54, 1.807) is 30.0 Å². The second-order valence-corrected chi connectivity index (χ2v) is 6.93. The van der Waals surface area contributed by atoms with E-state index in [0.717, 1.165) is 6.42 Å². The van der Waals surface area contributed by atoms with Gasteiger partial charge in [0.2, 0.25) is 11.8 Å². The summed E-state index contributed by atoms with van der Waals surface area (Å²) in [7, 11) is 1.54. The molecule has 1 aliphatic heterocycles. The molecule has 1 unspecified atom stereocenters. The quantitative estimate of drug-likeness (QED) is 0.760. The average Bonchev–Trinajstić information content (AvgIpc) is 3.10. The molecule has 2 aromatic carbocycles. The fourth-order valence-corrected chi connectivity index (χ4v) is 3.21. The summed E-state index contributed by atoms with van der Waals surface area (Å²) in [5.74, 6) is -0.224. The Kier molecular flexibility index (Phi) is 6.04. The predicted octanol–water partition coefficient (Wildman–Crippen LogP) is 4.05. The van der Waals surface area contributed by atoms with Crippen molar-refractivity contribution in [1.29, 1.82) is 0 Å². The molecular weight excluding hydrogens is 385 g/mol. The van der Waals surface area contributed by atoms with Crippen LogP contribution in [0.1, 0.15) is 19.8 Å². The molecule has 1 aliphatic rings. The van der Waals surface area contributed by atoms with Crippen molar-refractivity contribution in [2.75, 3.05) is 29.2 Å². The molecule has 2 amide bonds. The molecule has 3 rings (SSSR count). The Morgan fingerprint density at radius 3 is 2.64 bits per heavy atom. The molecule has 0 radical (unpaired) electrons. The summed E-state index contributed by atoms with van der Waals surface area (Å²) in [5.41, 5.74) is 1.80. The molecule has 148 valence electrons. The minimum atomic E-state index is -0.576. The Morgan fingerprint density at radius 2 is 2.00 bits per heavy atom. The van der Waals surface area contributed by atoms with Gasteiger partial charge in [0, 0.05) is 30.4 Å². The van der Waals surface area contributed by atoms with Crippen molar-refractivity contribution >= 4 is 40.5 Å². The molecule has 1 saturated heterocycles. The van der Waals surface area contributed by atoms with Crippen molar-refractivity contribution in [3.05, 3.63) is 47.2 Å². The number of nitrogens with zero attached hydrogens (tertiary/aromatic N) is 1. The molecule has 1 heterocycles. The molecule has 0 spiro atoms. The second kappa shape index (κ2) is 8.48.